The maximum Gasteiger partial charge on any atom is 0.387 e. The van der Waals surface area contributed by atoms with E-state index in [0.29, 0.717) is 6.54 Å². The third-order valence-corrected chi connectivity index (χ3v) is 3.28. The van der Waals surface area contributed by atoms with Crippen LogP contribution in [0.25, 0.3) is 0 Å². The van der Waals surface area contributed by atoms with Gasteiger partial charge in [0.25, 0.3) is 11.8 Å². The van der Waals surface area contributed by atoms with Crippen LogP contribution in [0, 0.1) is 0 Å². The van der Waals surface area contributed by atoms with Gasteiger partial charge in [-0.25, -0.2) is 0 Å². The Hall–Kier alpha value is -2.97. The summed E-state index contributed by atoms with van der Waals surface area (Å²) in [7, 11) is 1.59. The quantitative estimate of drug-likeness (QED) is 0.801. The van der Waals surface area contributed by atoms with Crippen molar-refractivity contribution >= 4 is 17.5 Å². The highest BCUT2D eigenvalue weighted by Gasteiger charge is 2.19. The number of aryl methyl sites for hydroxylation is 1. The molecule has 0 spiro atoms. The minimum atomic E-state index is -2.93. The van der Waals surface area contributed by atoms with Crippen LogP contribution in [-0.2, 0) is 7.05 Å². The number of anilines is 1. The summed E-state index contributed by atoms with van der Waals surface area (Å²) in [5.41, 5.74) is 0.707. The van der Waals surface area contributed by atoms with Crippen molar-refractivity contribution in [2.45, 2.75) is 20.0 Å². The van der Waals surface area contributed by atoms with Gasteiger partial charge in [0, 0.05) is 19.2 Å². The first-order valence-corrected chi connectivity index (χ1v) is 7.58. The molecule has 134 valence electrons. The van der Waals surface area contributed by atoms with E-state index in [1.165, 1.54) is 35.1 Å². The number of ether oxygens (including phenoxy) is 1. The molecule has 0 fully saturated rings. The zero-order chi connectivity index (χ0) is 18.4. The molecular formula is C16H18F2N4O3. The van der Waals surface area contributed by atoms with Crippen molar-refractivity contribution in [3.05, 3.63) is 41.7 Å². The van der Waals surface area contributed by atoms with Crippen LogP contribution in [-0.4, -0.2) is 34.8 Å². The van der Waals surface area contributed by atoms with E-state index in [0.717, 1.165) is 6.42 Å². The van der Waals surface area contributed by atoms with E-state index in [9.17, 15) is 18.4 Å². The van der Waals surface area contributed by atoms with Crippen molar-refractivity contribution < 1.29 is 23.1 Å². The Balaban J connectivity index is 2.11. The summed E-state index contributed by atoms with van der Waals surface area (Å²) in [6.45, 7) is -0.504. The Bertz CT molecular complexity index is 744. The van der Waals surface area contributed by atoms with Gasteiger partial charge in [0.05, 0.1) is 11.9 Å². The van der Waals surface area contributed by atoms with Gasteiger partial charge in [-0.3, -0.25) is 14.3 Å². The number of carbonyl (C=O) groups is 2. The highest BCUT2D eigenvalue weighted by Crippen LogP contribution is 2.18. The summed E-state index contributed by atoms with van der Waals surface area (Å²) in [6, 6.07) is 5.22. The fraction of sp³-hybridized carbons (Fsp3) is 0.312. The molecule has 9 heteroatoms. The van der Waals surface area contributed by atoms with Gasteiger partial charge in [-0.15, -0.1) is 0 Å². The monoisotopic (exact) mass is 352 g/mol. The molecule has 25 heavy (non-hydrogen) atoms. The number of nitrogens with one attached hydrogen (secondary N) is 2. The van der Waals surface area contributed by atoms with Crippen molar-refractivity contribution in [2.24, 2.45) is 7.05 Å². The standard InChI is InChI=1S/C16H18F2N4O3/c1-3-8-19-15(24)13-12(9-20-22(13)2)21-14(23)10-4-6-11(7-5-10)25-16(17)18/h4-7,9,16H,3,8H2,1-2H3,(H,19,24)(H,21,23). The molecule has 0 bridgehead atoms. The smallest absolute Gasteiger partial charge is 0.387 e. The topological polar surface area (TPSA) is 85.2 Å². The SMILES string of the molecule is CCCNC(=O)c1c(NC(=O)c2ccc(OC(F)F)cc2)cnn1C. The summed E-state index contributed by atoms with van der Waals surface area (Å²) in [5.74, 6) is -0.897. The number of halogens is 2. The first kappa shape index (κ1) is 18.4. The van der Waals surface area contributed by atoms with Crippen molar-refractivity contribution in [3.8, 4) is 5.75 Å². The molecule has 2 aromatic rings. The van der Waals surface area contributed by atoms with Gasteiger partial charge in [-0.1, -0.05) is 6.92 Å². The van der Waals surface area contributed by atoms with E-state index in [1.807, 2.05) is 6.92 Å². The molecule has 2 rings (SSSR count). The molecule has 0 aliphatic heterocycles. The van der Waals surface area contributed by atoms with Crippen LogP contribution in [0.2, 0.25) is 0 Å². The molecular weight excluding hydrogens is 334 g/mol. The van der Waals surface area contributed by atoms with E-state index in [1.54, 1.807) is 7.05 Å². The molecule has 0 unspecified atom stereocenters. The molecule has 2 N–H and O–H groups in total. The molecule has 0 saturated heterocycles. The Kier molecular flexibility index (Phi) is 6.04. The van der Waals surface area contributed by atoms with Gasteiger partial charge in [-0.2, -0.15) is 13.9 Å². The van der Waals surface area contributed by atoms with Crippen LogP contribution in [0.5, 0.6) is 5.75 Å². The second-order valence-corrected chi connectivity index (χ2v) is 5.14. The Morgan fingerprint density at radius 2 is 1.92 bits per heavy atom. The fourth-order valence-electron chi connectivity index (χ4n) is 2.10. The van der Waals surface area contributed by atoms with Crippen molar-refractivity contribution in [3.63, 3.8) is 0 Å². The Morgan fingerprint density at radius 1 is 1.24 bits per heavy atom. The maximum atomic E-state index is 12.3. The fourth-order valence-corrected chi connectivity index (χ4v) is 2.10. The molecule has 0 aliphatic rings. The summed E-state index contributed by atoms with van der Waals surface area (Å²) in [6.07, 6.45) is 2.14. The van der Waals surface area contributed by atoms with Gasteiger partial charge >= 0.3 is 6.61 Å². The number of hydrogen-bond acceptors (Lipinski definition) is 4. The highest BCUT2D eigenvalue weighted by atomic mass is 19.3. The number of nitrogens with zero attached hydrogens (tertiary/aromatic N) is 2. The molecule has 0 radical (unpaired) electrons. The van der Waals surface area contributed by atoms with Crippen LogP contribution >= 0.6 is 0 Å². The lowest BCUT2D eigenvalue weighted by molar-refractivity contribution is -0.0498. The molecule has 1 heterocycles. The van der Waals surface area contributed by atoms with Crippen LogP contribution < -0.4 is 15.4 Å². The first-order chi connectivity index (χ1) is 11.9. The van der Waals surface area contributed by atoms with Gasteiger partial charge in [0.1, 0.15) is 11.4 Å². The van der Waals surface area contributed by atoms with E-state index in [4.69, 9.17) is 0 Å². The third kappa shape index (κ3) is 4.75. The summed E-state index contributed by atoms with van der Waals surface area (Å²) >= 11 is 0. The van der Waals surface area contributed by atoms with Gasteiger partial charge in [0.2, 0.25) is 0 Å². The lowest BCUT2D eigenvalue weighted by Gasteiger charge is -2.09. The zero-order valence-electron chi connectivity index (χ0n) is 13.8. The first-order valence-electron chi connectivity index (χ1n) is 7.58. The predicted molar refractivity (Wildman–Crippen MR) is 86.9 cm³/mol. The average molecular weight is 352 g/mol. The van der Waals surface area contributed by atoms with Crippen LogP contribution in [0.3, 0.4) is 0 Å². The maximum absolute atomic E-state index is 12.3. The van der Waals surface area contributed by atoms with Crippen molar-refractivity contribution in [1.29, 1.82) is 0 Å². The van der Waals surface area contributed by atoms with Crippen LogP contribution in [0.15, 0.2) is 30.5 Å². The van der Waals surface area contributed by atoms with Gasteiger partial charge < -0.3 is 15.4 Å². The predicted octanol–water partition coefficient (Wildman–Crippen LogP) is 2.41. The molecule has 7 nitrogen and oxygen atoms in total. The van der Waals surface area contributed by atoms with Gasteiger partial charge in [0.15, 0.2) is 0 Å². The largest absolute Gasteiger partial charge is 0.435 e. The molecule has 0 atom stereocenters. The van der Waals surface area contributed by atoms with E-state index >= 15 is 0 Å². The number of hydrogen-bond donors (Lipinski definition) is 2. The van der Waals surface area contributed by atoms with E-state index in [-0.39, 0.29) is 28.6 Å². The van der Waals surface area contributed by atoms with E-state index < -0.39 is 12.5 Å². The summed E-state index contributed by atoms with van der Waals surface area (Å²) < 4.78 is 29.8. The van der Waals surface area contributed by atoms with Crippen LogP contribution in [0.1, 0.15) is 34.2 Å². The Labute approximate surface area is 143 Å². The number of benzene rings is 1. The molecule has 2 amide bonds. The number of amides is 2. The minimum Gasteiger partial charge on any atom is -0.435 e. The molecule has 0 aliphatic carbocycles. The second kappa shape index (κ2) is 8.22. The average Bonchev–Trinajstić information content (AvgIpc) is 2.93. The normalized spacial score (nSPS) is 10.6. The minimum absolute atomic E-state index is 0.0486. The van der Waals surface area contributed by atoms with Crippen molar-refractivity contribution in [2.75, 3.05) is 11.9 Å². The van der Waals surface area contributed by atoms with Crippen LogP contribution in [0.4, 0.5) is 14.5 Å². The van der Waals surface area contributed by atoms with Gasteiger partial charge in [-0.05, 0) is 30.7 Å². The highest BCUT2D eigenvalue weighted by molar-refractivity contribution is 6.08. The summed E-state index contributed by atoms with van der Waals surface area (Å²) in [5, 5.41) is 9.29. The third-order valence-electron chi connectivity index (χ3n) is 3.28. The lowest BCUT2D eigenvalue weighted by Crippen LogP contribution is -2.27. The molecule has 1 aromatic heterocycles. The number of rotatable bonds is 7. The number of carbonyl (C=O) groups excluding carboxylic acids is 2. The lowest BCUT2D eigenvalue weighted by atomic mass is 10.2. The van der Waals surface area contributed by atoms with E-state index in [2.05, 4.69) is 20.5 Å². The molecule has 0 saturated carbocycles. The Morgan fingerprint density at radius 3 is 2.52 bits per heavy atom. The zero-order valence-corrected chi connectivity index (χ0v) is 13.8. The number of aromatic nitrogens is 2. The second-order valence-electron chi connectivity index (χ2n) is 5.14. The summed E-state index contributed by atoms with van der Waals surface area (Å²) in [4.78, 5) is 24.4. The number of alkyl halides is 2. The molecule has 1 aromatic carbocycles. The van der Waals surface area contributed by atoms with Crippen molar-refractivity contribution in [1.82, 2.24) is 15.1 Å².